The number of anilines is 1. The molecule has 4 N–H and O–H groups in total. The van der Waals surface area contributed by atoms with Crippen LogP contribution in [-0.4, -0.2) is 38.6 Å². The lowest BCUT2D eigenvalue weighted by atomic mass is 10.3. The molecule has 1 aliphatic rings. The smallest absolute Gasteiger partial charge is 0.351 e. The molecule has 0 aliphatic carbocycles. The van der Waals surface area contributed by atoms with Crippen molar-refractivity contribution in [2.45, 2.75) is 18.4 Å². The average molecular weight is 226 g/mol. The first kappa shape index (κ1) is 11.1. The highest BCUT2D eigenvalue weighted by Crippen LogP contribution is 2.26. The number of nitrogen functional groups attached to an aromatic ring is 1. The normalized spacial score (nSPS) is 29.5. The maximum absolute atomic E-state index is 11.4. The van der Waals surface area contributed by atoms with Crippen molar-refractivity contribution in [2.24, 2.45) is 0 Å². The maximum Gasteiger partial charge on any atom is 0.351 e. The molecule has 3 atom stereocenters. The van der Waals surface area contributed by atoms with E-state index in [1.54, 1.807) is 0 Å². The molecular formula is C9H11N3O4. The summed E-state index contributed by atoms with van der Waals surface area (Å²) in [5.41, 5.74) is 4.74. The third kappa shape index (κ3) is 1.92. The van der Waals surface area contributed by atoms with Gasteiger partial charge in [0, 0.05) is 6.20 Å². The molecule has 1 aromatic heterocycles. The Balaban J connectivity index is 2.23. The van der Waals surface area contributed by atoms with E-state index in [4.69, 9.17) is 15.6 Å². The Bertz CT molecular complexity index is 433. The Kier molecular flexibility index (Phi) is 2.90. The Morgan fingerprint density at radius 1 is 1.69 bits per heavy atom. The van der Waals surface area contributed by atoms with Gasteiger partial charge in [-0.15, -0.1) is 0 Å². The van der Waals surface area contributed by atoms with Crippen molar-refractivity contribution >= 4 is 5.82 Å². The summed E-state index contributed by atoms with van der Waals surface area (Å²) in [7, 11) is 0. The third-order valence-corrected chi connectivity index (χ3v) is 2.25. The molecule has 2 rings (SSSR count). The van der Waals surface area contributed by atoms with Crippen LogP contribution in [0.2, 0.25) is 0 Å². The fourth-order valence-electron chi connectivity index (χ4n) is 1.43. The minimum atomic E-state index is -1.03. The Morgan fingerprint density at radius 3 is 3.00 bits per heavy atom. The quantitative estimate of drug-likeness (QED) is 0.511. The van der Waals surface area contributed by atoms with Gasteiger partial charge >= 0.3 is 5.69 Å². The Morgan fingerprint density at radius 2 is 2.44 bits per heavy atom. The van der Waals surface area contributed by atoms with Crippen LogP contribution < -0.4 is 11.4 Å². The van der Waals surface area contributed by atoms with Gasteiger partial charge in [0.1, 0.15) is 18.1 Å². The molecule has 1 saturated heterocycles. The summed E-state index contributed by atoms with van der Waals surface area (Å²) in [5, 5.41) is 18.3. The number of nitrogens with zero attached hydrogens (tertiary/aromatic N) is 2. The van der Waals surface area contributed by atoms with Gasteiger partial charge in [0.15, 0.2) is 0 Å². The maximum atomic E-state index is 11.4. The molecule has 16 heavy (non-hydrogen) atoms. The lowest BCUT2D eigenvalue weighted by Gasteiger charge is -2.13. The van der Waals surface area contributed by atoms with Crippen LogP contribution in [0.1, 0.15) is 6.23 Å². The largest absolute Gasteiger partial charge is 0.394 e. The van der Waals surface area contributed by atoms with E-state index < -0.39 is 24.1 Å². The fraction of sp³-hybridized carbons (Fsp3) is 0.444. The topological polar surface area (TPSA) is 111 Å². The van der Waals surface area contributed by atoms with E-state index >= 15 is 0 Å². The first-order valence-electron chi connectivity index (χ1n) is 4.67. The molecule has 7 heteroatoms. The van der Waals surface area contributed by atoms with Gasteiger partial charge in [-0.1, -0.05) is 0 Å². The second-order valence-electron chi connectivity index (χ2n) is 3.36. The second-order valence-corrected chi connectivity index (χ2v) is 3.36. The van der Waals surface area contributed by atoms with Crippen LogP contribution in [0.25, 0.3) is 0 Å². The SMILES string of the molecule is Nc1ccn([C@H]2[13C][C@@H](O)[C@@H](CO)O2)c(=O)n1. The van der Waals surface area contributed by atoms with Crippen molar-refractivity contribution in [2.75, 3.05) is 12.3 Å². The van der Waals surface area contributed by atoms with Crippen LogP contribution in [0.4, 0.5) is 5.82 Å². The third-order valence-electron chi connectivity index (χ3n) is 2.25. The van der Waals surface area contributed by atoms with Gasteiger partial charge in [-0.3, -0.25) is 4.57 Å². The predicted molar refractivity (Wildman–Crippen MR) is 53.2 cm³/mol. The highest BCUT2D eigenvalue weighted by molar-refractivity contribution is 5.23. The van der Waals surface area contributed by atoms with Crippen molar-refractivity contribution in [3.8, 4) is 0 Å². The van der Waals surface area contributed by atoms with Crippen molar-refractivity contribution in [3.05, 3.63) is 29.2 Å². The first-order chi connectivity index (χ1) is 7.61. The van der Waals surface area contributed by atoms with Gasteiger partial charge in [-0.2, -0.15) is 4.98 Å². The van der Waals surface area contributed by atoms with E-state index in [9.17, 15) is 9.90 Å². The second kappa shape index (κ2) is 4.20. The van der Waals surface area contributed by atoms with Crippen LogP contribution in [0, 0.1) is 6.42 Å². The molecule has 0 unspecified atom stereocenters. The molecule has 2 heterocycles. The van der Waals surface area contributed by atoms with Gasteiger partial charge < -0.3 is 20.7 Å². The molecule has 0 spiro atoms. The average Bonchev–Trinajstić information content (AvgIpc) is 2.59. The lowest BCUT2D eigenvalue weighted by Crippen LogP contribution is -2.28. The summed E-state index contributed by atoms with van der Waals surface area (Å²) < 4.78 is 6.33. The van der Waals surface area contributed by atoms with Gasteiger partial charge in [0.2, 0.25) is 0 Å². The molecule has 2 radical (unpaired) electrons. The van der Waals surface area contributed by atoms with Gasteiger partial charge in [0.25, 0.3) is 0 Å². The van der Waals surface area contributed by atoms with Crippen LogP contribution in [0.3, 0.4) is 0 Å². The number of ether oxygens (including phenoxy) is 1. The monoisotopic (exact) mass is 226 g/mol. The van der Waals surface area contributed by atoms with Crippen molar-refractivity contribution < 1.29 is 14.9 Å². The molecule has 1 aliphatic heterocycles. The summed E-state index contributed by atoms with van der Waals surface area (Å²) in [6.45, 7) is -0.345. The van der Waals surface area contributed by atoms with E-state index in [1.807, 2.05) is 0 Å². The van der Waals surface area contributed by atoms with E-state index in [2.05, 4.69) is 11.4 Å². The fourth-order valence-corrected chi connectivity index (χ4v) is 1.43. The summed E-state index contributed by atoms with van der Waals surface area (Å²) in [6.07, 6.45) is 1.33. The highest BCUT2D eigenvalue weighted by atomic mass is 16.6. The number of nitrogens with two attached hydrogens (primary N) is 1. The summed E-state index contributed by atoms with van der Waals surface area (Å²) >= 11 is 0. The molecule has 0 aromatic carbocycles. The zero-order valence-electron chi connectivity index (χ0n) is 8.28. The number of hydrogen-bond acceptors (Lipinski definition) is 6. The predicted octanol–water partition coefficient (Wildman–Crippen LogP) is -1.84. The number of aliphatic hydroxyl groups is 2. The number of aromatic nitrogens is 2. The summed E-state index contributed by atoms with van der Waals surface area (Å²) in [5.74, 6) is 0.110. The molecule has 86 valence electrons. The standard InChI is InChI=1S/C9H11N3O4/c10-7-1-2-12(9(15)11-7)8-3-5(14)6(4-13)16-8/h1-2,5-6,8,13-14H,4H2,(H2,10,11,15)/t5-,6-,8-/m1/s1/i3+1. The van der Waals surface area contributed by atoms with Gasteiger partial charge in [-0.25, -0.2) is 4.79 Å². The Hall–Kier alpha value is -1.44. The van der Waals surface area contributed by atoms with Crippen molar-refractivity contribution in [3.63, 3.8) is 0 Å². The number of aliphatic hydroxyl groups excluding tert-OH is 2. The molecule has 0 saturated carbocycles. The van der Waals surface area contributed by atoms with Crippen LogP contribution in [0.5, 0.6) is 0 Å². The molecular weight excluding hydrogens is 215 g/mol. The van der Waals surface area contributed by atoms with Crippen LogP contribution >= 0.6 is 0 Å². The summed E-state index contributed by atoms with van der Waals surface area (Å²) in [6, 6.07) is 1.44. The van der Waals surface area contributed by atoms with Crippen molar-refractivity contribution in [1.29, 1.82) is 0 Å². The van der Waals surface area contributed by atoms with E-state index in [0.29, 0.717) is 0 Å². The molecule has 1 aromatic rings. The van der Waals surface area contributed by atoms with Gasteiger partial charge in [0.05, 0.1) is 19.1 Å². The Labute approximate surface area is 91.1 Å². The van der Waals surface area contributed by atoms with E-state index in [1.165, 1.54) is 12.3 Å². The molecule has 7 nitrogen and oxygen atoms in total. The van der Waals surface area contributed by atoms with Crippen LogP contribution in [0.15, 0.2) is 17.1 Å². The summed E-state index contributed by atoms with van der Waals surface area (Å²) in [4.78, 5) is 15.0. The first-order valence-corrected chi connectivity index (χ1v) is 4.67. The zero-order valence-corrected chi connectivity index (χ0v) is 8.28. The van der Waals surface area contributed by atoms with E-state index in [0.717, 1.165) is 4.57 Å². The number of hydrogen-bond donors (Lipinski definition) is 3. The highest BCUT2D eigenvalue weighted by Gasteiger charge is 2.35. The minimum absolute atomic E-state index is 0.110. The molecule has 1 fully saturated rings. The minimum Gasteiger partial charge on any atom is -0.394 e. The van der Waals surface area contributed by atoms with Crippen molar-refractivity contribution in [1.82, 2.24) is 9.55 Å². The molecule has 0 bridgehead atoms. The number of rotatable bonds is 2. The molecule has 0 amide bonds. The van der Waals surface area contributed by atoms with E-state index in [-0.39, 0.29) is 12.4 Å². The zero-order chi connectivity index (χ0) is 11.7. The lowest BCUT2D eigenvalue weighted by molar-refractivity contribution is -0.0448. The van der Waals surface area contributed by atoms with Crippen LogP contribution in [-0.2, 0) is 4.74 Å². The van der Waals surface area contributed by atoms with Gasteiger partial charge in [-0.05, 0) is 6.07 Å².